The van der Waals surface area contributed by atoms with Crippen LogP contribution in [0.2, 0.25) is 0 Å². The highest BCUT2D eigenvalue weighted by molar-refractivity contribution is 7.85. The van der Waals surface area contributed by atoms with Crippen LogP contribution in [-0.4, -0.2) is 95.1 Å². The average Bonchev–Trinajstić information content (AvgIpc) is 2.84. The van der Waals surface area contributed by atoms with Crippen molar-refractivity contribution in [3.63, 3.8) is 0 Å². The zero-order valence-electron chi connectivity index (χ0n) is 22.1. The number of carbonyl (C=O) groups excluding carboxylic acids is 1. The third kappa shape index (κ3) is 16.0. The van der Waals surface area contributed by atoms with Gasteiger partial charge in [-0.2, -0.15) is 8.42 Å². The SMILES string of the molecule is CCCCCCCCCCCCCCCC(=O)OCC(O)CO[C@H]1O[C@H](CS(=O)(=O)O)[C@@H](O)[C@H](O)[C@@H]1O. The van der Waals surface area contributed by atoms with Crippen LogP contribution in [-0.2, 0) is 29.1 Å². The molecule has 0 saturated carbocycles. The largest absolute Gasteiger partial charge is 0.463 e. The van der Waals surface area contributed by atoms with Gasteiger partial charge < -0.3 is 34.6 Å². The monoisotopic (exact) mass is 556 g/mol. The molecule has 1 aliphatic heterocycles. The maximum Gasteiger partial charge on any atom is 0.305 e. The highest BCUT2D eigenvalue weighted by atomic mass is 32.2. The van der Waals surface area contributed by atoms with Gasteiger partial charge >= 0.3 is 5.97 Å². The first-order valence-corrected chi connectivity index (χ1v) is 15.3. The molecule has 1 fully saturated rings. The van der Waals surface area contributed by atoms with Crippen LogP contribution in [0.5, 0.6) is 0 Å². The van der Waals surface area contributed by atoms with Crippen molar-refractivity contribution in [1.29, 1.82) is 0 Å². The summed E-state index contributed by atoms with van der Waals surface area (Å²) in [6, 6.07) is 0. The molecule has 1 aliphatic rings. The fourth-order valence-electron chi connectivity index (χ4n) is 4.20. The number of rotatable bonds is 21. The van der Waals surface area contributed by atoms with Crippen LogP contribution >= 0.6 is 0 Å². The Labute approximate surface area is 221 Å². The molecule has 0 aromatic rings. The van der Waals surface area contributed by atoms with E-state index in [2.05, 4.69) is 6.92 Å². The topological polar surface area (TPSA) is 180 Å². The molecule has 0 radical (unpaired) electrons. The first-order chi connectivity index (χ1) is 17.5. The highest BCUT2D eigenvalue weighted by Gasteiger charge is 2.45. The van der Waals surface area contributed by atoms with Crippen molar-refractivity contribution >= 4 is 16.1 Å². The molecule has 1 heterocycles. The molecule has 0 aliphatic carbocycles. The molecular formula is C25H48O11S. The minimum atomic E-state index is -4.53. The molecule has 0 spiro atoms. The summed E-state index contributed by atoms with van der Waals surface area (Å²) in [5, 5.41) is 39.7. The first-order valence-electron chi connectivity index (χ1n) is 13.6. The predicted molar refractivity (Wildman–Crippen MR) is 136 cm³/mol. The predicted octanol–water partition coefficient (Wildman–Crippen LogP) is 2.08. The zero-order chi connectivity index (χ0) is 27.7. The lowest BCUT2D eigenvalue weighted by Crippen LogP contribution is -2.60. The van der Waals surface area contributed by atoms with Gasteiger partial charge in [0.25, 0.3) is 10.1 Å². The number of ether oxygens (including phenoxy) is 3. The van der Waals surface area contributed by atoms with Gasteiger partial charge in [-0.15, -0.1) is 0 Å². The van der Waals surface area contributed by atoms with E-state index in [-0.39, 0.29) is 13.0 Å². The Bertz CT molecular complexity index is 703. The summed E-state index contributed by atoms with van der Waals surface area (Å²) in [7, 11) is -4.53. The first kappa shape index (κ1) is 34.2. The van der Waals surface area contributed by atoms with Gasteiger partial charge in [0.2, 0.25) is 0 Å². The van der Waals surface area contributed by atoms with Crippen LogP contribution in [0.4, 0.5) is 0 Å². The summed E-state index contributed by atoms with van der Waals surface area (Å²) in [6.45, 7) is 1.43. The number of carbonyl (C=O) groups is 1. The van der Waals surface area contributed by atoms with Crippen molar-refractivity contribution in [2.24, 2.45) is 0 Å². The van der Waals surface area contributed by atoms with Crippen molar-refractivity contribution in [1.82, 2.24) is 0 Å². The van der Waals surface area contributed by atoms with Crippen LogP contribution in [0, 0.1) is 0 Å². The van der Waals surface area contributed by atoms with E-state index in [1.165, 1.54) is 57.8 Å². The van der Waals surface area contributed by atoms with Crippen molar-refractivity contribution in [2.75, 3.05) is 19.0 Å². The number of hydrogen-bond donors (Lipinski definition) is 5. The lowest BCUT2D eigenvalue weighted by Gasteiger charge is -2.40. The van der Waals surface area contributed by atoms with Crippen LogP contribution in [0.1, 0.15) is 96.8 Å². The molecule has 0 bridgehead atoms. The van der Waals surface area contributed by atoms with E-state index in [9.17, 15) is 33.6 Å². The average molecular weight is 557 g/mol. The summed E-state index contributed by atoms with van der Waals surface area (Å²) in [4.78, 5) is 11.9. The van der Waals surface area contributed by atoms with E-state index >= 15 is 0 Å². The second-order valence-corrected chi connectivity index (χ2v) is 11.4. The lowest BCUT2D eigenvalue weighted by molar-refractivity contribution is -0.296. The zero-order valence-corrected chi connectivity index (χ0v) is 22.9. The molecule has 1 unspecified atom stereocenters. The molecule has 1 rings (SSSR count). The van der Waals surface area contributed by atoms with Gasteiger partial charge in [0.1, 0.15) is 42.9 Å². The summed E-state index contributed by atoms with van der Waals surface area (Å²) in [6.07, 6.45) is 6.23. The van der Waals surface area contributed by atoms with Crippen LogP contribution in [0.15, 0.2) is 0 Å². The van der Waals surface area contributed by atoms with Gasteiger partial charge in [-0.1, -0.05) is 84.0 Å². The van der Waals surface area contributed by atoms with E-state index in [0.29, 0.717) is 6.42 Å². The molecule has 6 atom stereocenters. The van der Waals surface area contributed by atoms with E-state index in [4.69, 9.17) is 18.8 Å². The van der Waals surface area contributed by atoms with Gasteiger partial charge in [-0.3, -0.25) is 9.35 Å². The van der Waals surface area contributed by atoms with Crippen molar-refractivity contribution in [2.45, 2.75) is 134 Å². The Hall–Kier alpha value is -0.860. The van der Waals surface area contributed by atoms with E-state index in [1.54, 1.807) is 0 Å². The number of hydrogen-bond acceptors (Lipinski definition) is 10. The Morgan fingerprint density at radius 1 is 0.811 bits per heavy atom. The summed E-state index contributed by atoms with van der Waals surface area (Å²) in [5.41, 5.74) is 0. The maximum absolute atomic E-state index is 11.9. The van der Waals surface area contributed by atoms with E-state index < -0.39 is 65.3 Å². The van der Waals surface area contributed by atoms with Gasteiger partial charge in [0, 0.05) is 6.42 Å². The second kappa shape index (κ2) is 19.2. The maximum atomic E-state index is 11.9. The number of unbranched alkanes of at least 4 members (excludes halogenated alkanes) is 12. The smallest absolute Gasteiger partial charge is 0.305 e. The quantitative estimate of drug-likeness (QED) is 0.0793. The molecule has 37 heavy (non-hydrogen) atoms. The van der Waals surface area contributed by atoms with Gasteiger partial charge in [0.05, 0.1) is 6.61 Å². The minimum Gasteiger partial charge on any atom is -0.463 e. The molecule has 0 amide bonds. The standard InChI is InChI=1S/C25H48O11S/c1-2-3-4-5-6-7-8-9-10-11-12-13-14-15-21(27)34-16-19(26)17-35-25-24(30)23(29)22(28)20(36-25)18-37(31,32)33/h19-20,22-26,28-30H,2-18H2,1H3,(H,31,32,33)/t19?,20-,22-,23+,24+,25+/m1/s1. The molecule has 0 aromatic heterocycles. The Morgan fingerprint density at radius 3 is 1.84 bits per heavy atom. The minimum absolute atomic E-state index is 0.247. The number of aliphatic hydroxyl groups is 4. The van der Waals surface area contributed by atoms with Crippen LogP contribution in [0.3, 0.4) is 0 Å². The number of esters is 1. The number of aliphatic hydroxyl groups excluding tert-OH is 4. The highest BCUT2D eigenvalue weighted by Crippen LogP contribution is 2.23. The fraction of sp³-hybridized carbons (Fsp3) is 0.960. The molecule has 12 heteroatoms. The third-order valence-electron chi connectivity index (χ3n) is 6.42. The van der Waals surface area contributed by atoms with E-state index in [1.807, 2.05) is 0 Å². The fourth-order valence-corrected chi connectivity index (χ4v) is 4.89. The molecule has 5 N–H and O–H groups in total. The summed E-state index contributed by atoms with van der Waals surface area (Å²) < 4.78 is 46.4. The Morgan fingerprint density at radius 2 is 1.32 bits per heavy atom. The van der Waals surface area contributed by atoms with Crippen LogP contribution < -0.4 is 0 Å². The summed E-state index contributed by atoms with van der Waals surface area (Å²) in [5.74, 6) is -1.46. The molecule has 0 aromatic carbocycles. The van der Waals surface area contributed by atoms with Gasteiger partial charge in [-0.05, 0) is 6.42 Å². The van der Waals surface area contributed by atoms with Crippen molar-refractivity contribution in [3.05, 3.63) is 0 Å². The molecular weight excluding hydrogens is 508 g/mol. The summed E-state index contributed by atoms with van der Waals surface area (Å²) >= 11 is 0. The lowest BCUT2D eigenvalue weighted by atomic mass is 10.00. The molecule has 11 nitrogen and oxygen atoms in total. The Balaban J connectivity index is 2.10. The second-order valence-electron chi connectivity index (χ2n) is 9.93. The normalized spacial score (nSPS) is 25.2. The van der Waals surface area contributed by atoms with Crippen molar-refractivity contribution < 1.29 is 52.4 Å². The molecule has 220 valence electrons. The third-order valence-corrected chi connectivity index (χ3v) is 7.17. The van der Waals surface area contributed by atoms with Crippen molar-refractivity contribution in [3.8, 4) is 0 Å². The van der Waals surface area contributed by atoms with Gasteiger partial charge in [0.15, 0.2) is 6.29 Å². The van der Waals surface area contributed by atoms with Crippen LogP contribution in [0.25, 0.3) is 0 Å². The van der Waals surface area contributed by atoms with E-state index in [0.717, 1.165) is 19.3 Å². The molecule has 1 saturated heterocycles. The van der Waals surface area contributed by atoms with Gasteiger partial charge in [-0.25, -0.2) is 0 Å². The Kier molecular flexibility index (Phi) is 17.8.